The van der Waals surface area contributed by atoms with Crippen LogP contribution >= 0.6 is 0 Å². The summed E-state index contributed by atoms with van der Waals surface area (Å²) < 4.78 is 0. The highest BCUT2D eigenvalue weighted by molar-refractivity contribution is 5.93. The lowest BCUT2D eigenvalue weighted by atomic mass is 9.98. The Hall–Kier alpha value is -2.91. The number of carbonyl (C=O) groups is 1. The van der Waals surface area contributed by atoms with Crippen LogP contribution in [0.2, 0.25) is 0 Å². The van der Waals surface area contributed by atoms with Crippen molar-refractivity contribution in [1.82, 2.24) is 5.32 Å². The summed E-state index contributed by atoms with van der Waals surface area (Å²) >= 11 is 0. The summed E-state index contributed by atoms with van der Waals surface area (Å²) in [4.78, 5) is 12.5. The number of aryl methyl sites for hydroxylation is 2. The van der Waals surface area contributed by atoms with Crippen molar-refractivity contribution in [2.45, 2.75) is 26.3 Å². The number of amides is 1. The molecule has 0 bridgehead atoms. The summed E-state index contributed by atoms with van der Waals surface area (Å²) in [5.41, 5.74) is 5.54. The summed E-state index contributed by atoms with van der Waals surface area (Å²) in [6, 6.07) is 26.6. The minimum Gasteiger partial charge on any atom is -0.325 e. The van der Waals surface area contributed by atoms with Crippen LogP contribution in [0.5, 0.6) is 0 Å². The van der Waals surface area contributed by atoms with E-state index >= 15 is 0 Å². The molecule has 3 rings (SSSR count). The molecule has 0 unspecified atom stereocenters. The standard InChI is InChI=1S/C24H26N2O/c1-3-19-9-7-8-12-22(19)26-23(27)17-25-24(20-10-5-4-6-11-20)21-15-13-18(2)14-16-21/h4-16,24-25H,3,17H2,1-2H3,(H,26,27)/t24-/m1/s1. The highest BCUT2D eigenvalue weighted by atomic mass is 16.1. The van der Waals surface area contributed by atoms with Gasteiger partial charge in [-0.1, -0.05) is 85.3 Å². The average Bonchev–Trinajstić information content (AvgIpc) is 2.70. The van der Waals surface area contributed by atoms with Crippen molar-refractivity contribution in [3.8, 4) is 0 Å². The van der Waals surface area contributed by atoms with E-state index in [4.69, 9.17) is 0 Å². The monoisotopic (exact) mass is 358 g/mol. The molecule has 0 radical (unpaired) electrons. The lowest BCUT2D eigenvalue weighted by Crippen LogP contribution is -2.32. The minimum absolute atomic E-state index is 0.0287. The van der Waals surface area contributed by atoms with Crippen LogP contribution in [0.15, 0.2) is 78.9 Å². The maximum Gasteiger partial charge on any atom is 0.238 e. The van der Waals surface area contributed by atoms with Crippen molar-refractivity contribution in [2.24, 2.45) is 0 Å². The molecule has 0 aliphatic carbocycles. The molecule has 2 N–H and O–H groups in total. The number of nitrogens with one attached hydrogen (secondary N) is 2. The van der Waals surface area contributed by atoms with E-state index in [-0.39, 0.29) is 18.5 Å². The first-order valence-corrected chi connectivity index (χ1v) is 9.40. The van der Waals surface area contributed by atoms with Crippen molar-refractivity contribution < 1.29 is 4.79 Å². The smallest absolute Gasteiger partial charge is 0.238 e. The lowest BCUT2D eigenvalue weighted by molar-refractivity contribution is -0.115. The van der Waals surface area contributed by atoms with Crippen LogP contribution in [0.1, 0.15) is 35.2 Å². The van der Waals surface area contributed by atoms with E-state index in [1.807, 2.05) is 42.5 Å². The van der Waals surface area contributed by atoms with Crippen LogP contribution in [0.25, 0.3) is 0 Å². The van der Waals surface area contributed by atoms with Gasteiger partial charge >= 0.3 is 0 Å². The molecule has 3 heteroatoms. The van der Waals surface area contributed by atoms with Crippen LogP contribution < -0.4 is 10.6 Å². The molecular weight excluding hydrogens is 332 g/mol. The fraction of sp³-hybridized carbons (Fsp3) is 0.208. The topological polar surface area (TPSA) is 41.1 Å². The number of benzene rings is 3. The Morgan fingerprint density at radius 2 is 1.48 bits per heavy atom. The number of hydrogen-bond donors (Lipinski definition) is 2. The van der Waals surface area contributed by atoms with Crippen LogP contribution in [-0.2, 0) is 11.2 Å². The summed E-state index contributed by atoms with van der Waals surface area (Å²) in [5.74, 6) is -0.0380. The number of anilines is 1. The number of para-hydroxylation sites is 1. The van der Waals surface area contributed by atoms with E-state index in [9.17, 15) is 4.79 Å². The first kappa shape index (κ1) is 18.9. The molecule has 0 saturated heterocycles. The zero-order valence-corrected chi connectivity index (χ0v) is 15.9. The van der Waals surface area contributed by atoms with Crippen molar-refractivity contribution in [3.05, 3.63) is 101 Å². The minimum atomic E-state index is -0.0380. The van der Waals surface area contributed by atoms with Gasteiger partial charge in [-0.2, -0.15) is 0 Å². The SMILES string of the molecule is CCc1ccccc1NC(=O)CN[C@H](c1ccccc1)c1ccc(C)cc1. The zero-order chi connectivity index (χ0) is 19.1. The molecule has 138 valence electrons. The van der Waals surface area contributed by atoms with E-state index in [0.717, 1.165) is 28.8 Å². The van der Waals surface area contributed by atoms with Gasteiger partial charge in [-0.15, -0.1) is 0 Å². The first-order valence-electron chi connectivity index (χ1n) is 9.40. The largest absolute Gasteiger partial charge is 0.325 e. The van der Waals surface area contributed by atoms with Gasteiger partial charge in [-0.05, 0) is 36.1 Å². The zero-order valence-electron chi connectivity index (χ0n) is 15.9. The molecule has 0 fully saturated rings. The fourth-order valence-corrected chi connectivity index (χ4v) is 3.17. The van der Waals surface area contributed by atoms with Gasteiger partial charge in [0.15, 0.2) is 0 Å². The van der Waals surface area contributed by atoms with Crippen molar-refractivity contribution >= 4 is 11.6 Å². The highest BCUT2D eigenvalue weighted by Gasteiger charge is 2.15. The fourth-order valence-electron chi connectivity index (χ4n) is 3.17. The van der Waals surface area contributed by atoms with Crippen LogP contribution in [0.4, 0.5) is 5.69 Å². The molecule has 0 heterocycles. The predicted molar refractivity (Wildman–Crippen MR) is 112 cm³/mol. The van der Waals surface area contributed by atoms with Gasteiger partial charge in [0, 0.05) is 5.69 Å². The van der Waals surface area contributed by atoms with Gasteiger partial charge in [0.1, 0.15) is 0 Å². The van der Waals surface area contributed by atoms with Crippen molar-refractivity contribution in [3.63, 3.8) is 0 Å². The van der Waals surface area contributed by atoms with E-state index in [0.29, 0.717) is 0 Å². The second kappa shape index (κ2) is 9.15. The second-order valence-corrected chi connectivity index (χ2v) is 6.69. The molecule has 0 aliphatic rings. The highest BCUT2D eigenvalue weighted by Crippen LogP contribution is 2.22. The molecule has 3 aromatic rings. The Morgan fingerprint density at radius 3 is 2.19 bits per heavy atom. The van der Waals surface area contributed by atoms with E-state index in [1.165, 1.54) is 5.56 Å². The summed E-state index contributed by atoms with van der Waals surface area (Å²) in [6.07, 6.45) is 0.889. The third-order valence-corrected chi connectivity index (χ3v) is 4.68. The summed E-state index contributed by atoms with van der Waals surface area (Å²) in [5, 5.41) is 6.44. The molecule has 1 amide bonds. The Labute approximate surface area is 161 Å². The van der Waals surface area contributed by atoms with Gasteiger partial charge in [-0.25, -0.2) is 0 Å². The molecule has 0 aromatic heterocycles. The molecular formula is C24H26N2O. The van der Waals surface area contributed by atoms with Crippen LogP contribution in [-0.4, -0.2) is 12.5 Å². The Kier molecular flexibility index (Phi) is 6.39. The Bertz CT molecular complexity index is 872. The molecule has 0 aliphatic heterocycles. The third-order valence-electron chi connectivity index (χ3n) is 4.68. The van der Waals surface area contributed by atoms with Gasteiger partial charge in [0.05, 0.1) is 12.6 Å². The maximum atomic E-state index is 12.5. The summed E-state index contributed by atoms with van der Waals surface area (Å²) in [7, 11) is 0. The molecule has 0 saturated carbocycles. The lowest BCUT2D eigenvalue weighted by Gasteiger charge is -2.20. The molecule has 3 aromatic carbocycles. The van der Waals surface area contributed by atoms with Crippen LogP contribution in [0, 0.1) is 6.92 Å². The quantitative estimate of drug-likeness (QED) is 0.632. The first-order chi connectivity index (χ1) is 13.2. The maximum absolute atomic E-state index is 12.5. The predicted octanol–water partition coefficient (Wildman–Crippen LogP) is 4.88. The Balaban J connectivity index is 1.73. The van der Waals surface area contributed by atoms with E-state index in [1.54, 1.807) is 0 Å². The van der Waals surface area contributed by atoms with Gasteiger partial charge in [0.25, 0.3) is 0 Å². The van der Waals surface area contributed by atoms with Crippen molar-refractivity contribution in [2.75, 3.05) is 11.9 Å². The molecule has 1 atom stereocenters. The van der Waals surface area contributed by atoms with Gasteiger partial charge < -0.3 is 5.32 Å². The van der Waals surface area contributed by atoms with E-state index < -0.39 is 0 Å². The molecule has 3 nitrogen and oxygen atoms in total. The number of rotatable bonds is 7. The average molecular weight is 358 g/mol. The van der Waals surface area contributed by atoms with Gasteiger partial charge in [-0.3, -0.25) is 10.1 Å². The normalized spacial score (nSPS) is 11.8. The van der Waals surface area contributed by atoms with E-state index in [2.05, 4.69) is 60.9 Å². The van der Waals surface area contributed by atoms with Crippen molar-refractivity contribution in [1.29, 1.82) is 0 Å². The Morgan fingerprint density at radius 1 is 0.852 bits per heavy atom. The van der Waals surface area contributed by atoms with Gasteiger partial charge in [0.2, 0.25) is 5.91 Å². The van der Waals surface area contributed by atoms with Crippen LogP contribution in [0.3, 0.4) is 0 Å². The molecule has 27 heavy (non-hydrogen) atoms. The third kappa shape index (κ3) is 5.05. The number of hydrogen-bond acceptors (Lipinski definition) is 2. The second-order valence-electron chi connectivity index (χ2n) is 6.69. The molecule has 0 spiro atoms. The number of carbonyl (C=O) groups excluding carboxylic acids is 1. The summed E-state index contributed by atoms with van der Waals surface area (Å²) in [6.45, 7) is 4.41.